The van der Waals surface area contributed by atoms with Crippen molar-refractivity contribution >= 4 is 50.6 Å². The van der Waals surface area contributed by atoms with Gasteiger partial charge in [-0.25, -0.2) is 8.42 Å². The lowest BCUT2D eigenvalue weighted by atomic mass is 9.84. The van der Waals surface area contributed by atoms with Crippen LogP contribution in [0, 0.1) is 0 Å². The van der Waals surface area contributed by atoms with Crippen LogP contribution in [-0.4, -0.2) is 51.8 Å². The van der Waals surface area contributed by atoms with Crippen LogP contribution in [0.15, 0.2) is 52.4 Å². The van der Waals surface area contributed by atoms with E-state index < -0.39 is 33.1 Å². The van der Waals surface area contributed by atoms with E-state index in [0.717, 1.165) is 6.26 Å². The van der Waals surface area contributed by atoms with Gasteiger partial charge in [0.05, 0.1) is 22.2 Å². The summed E-state index contributed by atoms with van der Waals surface area (Å²) in [4.78, 5) is 41.2. The molecule has 1 heterocycles. The van der Waals surface area contributed by atoms with Gasteiger partial charge in [-0.1, -0.05) is 23.7 Å². The van der Waals surface area contributed by atoms with E-state index in [-0.39, 0.29) is 27.9 Å². The molecular weight excluding hydrogens is 458 g/mol. The van der Waals surface area contributed by atoms with Crippen molar-refractivity contribution in [1.29, 1.82) is 0 Å². The molecule has 2 aromatic rings. The number of primary amides is 1. The number of hydrogen-bond donors (Lipinski definition) is 4. The molecule has 10 nitrogen and oxygen atoms in total. The number of hydrogen-bond acceptors (Lipinski definition) is 7. The lowest BCUT2D eigenvalue weighted by Crippen LogP contribution is -2.58. The van der Waals surface area contributed by atoms with Gasteiger partial charge in [-0.3, -0.25) is 24.7 Å². The summed E-state index contributed by atoms with van der Waals surface area (Å²) >= 11 is 6.08. The summed E-state index contributed by atoms with van der Waals surface area (Å²) < 4.78 is 23.3. The highest BCUT2D eigenvalue weighted by Gasteiger charge is 2.49. The third kappa shape index (κ3) is 4.22. The molecule has 0 saturated heterocycles. The molecule has 168 valence electrons. The van der Waals surface area contributed by atoms with Gasteiger partial charge in [0.2, 0.25) is 5.91 Å². The maximum absolute atomic E-state index is 12.6. The molecule has 0 spiro atoms. The Morgan fingerprint density at radius 2 is 1.78 bits per heavy atom. The quantitative estimate of drug-likeness (QED) is 0.471. The smallest absolute Gasteiger partial charge is 0.267 e. The molecular formula is C20H20ClN5O5S. The van der Waals surface area contributed by atoms with Crippen LogP contribution in [0.3, 0.4) is 0 Å². The molecule has 12 heteroatoms. The zero-order valence-corrected chi connectivity index (χ0v) is 18.7. The Hall–Kier alpha value is -3.28. The average molecular weight is 478 g/mol. The van der Waals surface area contributed by atoms with E-state index >= 15 is 0 Å². The van der Waals surface area contributed by atoms with Crippen molar-refractivity contribution in [2.75, 3.05) is 25.3 Å². The number of aliphatic imine (C=N–C) groups is 1. The molecule has 32 heavy (non-hydrogen) atoms. The Morgan fingerprint density at radius 1 is 1.12 bits per heavy atom. The number of amides is 3. The molecule has 1 atom stereocenters. The second-order valence-electron chi connectivity index (χ2n) is 6.98. The topological polar surface area (TPSA) is 160 Å². The number of carbonyl (C=O) groups is 3. The normalized spacial score (nSPS) is 18.0. The first-order valence-electron chi connectivity index (χ1n) is 9.24. The van der Waals surface area contributed by atoms with E-state index in [1.54, 1.807) is 0 Å². The predicted molar refractivity (Wildman–Crippen MR) is 119 cm³/mol. The molecule has 1 unspecified atom stereocenters. The fourth-order valence-electron chi connectivity index (χ4n) is 3.30. The van der Waals surface area contributed by atoms with Crippen molar-refractivity contribution in [3.63, 3.8) is 0 Å². The van der Waals surface area contributed by atoms with E-state index in [9.17, 15) is 22.8 Å². The summed E-state index contributed by atoms with van der Waals surface area (Å²) in [6.07, 6.45) is 1.04. The fourth-order valence-corrected chi connectivity index (χ4v) is 4.28. The Morgan fingerprint density at radius 3 is 2.31 bits per heavy atom. The van der Waals surface area contributed by atoms with Crippen LogP contribution in [0.2, 0.25) is 5.02 Å². The first kappa shape index (κ1) is 23.4. The predicted octanol–water partition coefficient (Wildman–Crippen LogP) is 0.424. The lowest BCUT2D eigenvalue weighted by molar-refractivity contribution is -0.123. The number of rotatable bonds is 6. The van der Waals surface area contributed by atoms with Gasteiger partial charge in [0.15, 0.2) is 15.4 Å². The molecule has 0 radical (unpaired) electrons. The molecule has 5 N–H and O–H groups in total. The molecule has 0 fully saturated rings. The number of carbonyl (C=O) groups excluding carboxylic acids is 3. The van der Waals surface area contributed by atoms with Crippen molar-refractivity contribution in [3.05, 3.63) is 58.6 Å². The van der Waals surface area contributed by atoms with Crippen LogP contribution >= 0.6 is 11.6 Å². The summed E-state index contributed by atoms with van der Waals surface area (Å²) in [6.45, 7) is 0.0339. The molecule has 1 aliphatic heterocycles. The number of nitrogens with one attached hydrogen (secondary N) is 3. The van der Waals surface area contributed by atoms with Crippen LogP contribution in [0.25, 0.3) is 0 Å². The minimum Gasteiger partial charge on any atom is -0.367 e. The maximum atomic E-state index is 12.6. The standard InChI is InChI=1S/C20H20ClN5O5S/c1-23-18(28)16-20(19(22)29,25-10-24-16)11-3-5-12(6-4-11)26-17(27)14-8-7-13(9-15(14)21)32(2,30)31/h3-9,25H,10H2,1-2H3,(H2,22,29)(H,23,28)(H,26,27). The number of nitrogens with zero attached hydrogens (tertiary/aromatic N) is 1. The largest absolute Gasteiger partial charge is 0.367 e. The van der Waals surface area contributed by atoms with Crippen LogP contribution in [0.1, 0.15) is 15.9 Å². The van der Waals surface area contributed by atoms with Gasteiger partial charge < -0.3 is 16.4 Å². The third-order valence-electron chi connectivity index (χ3n) is 4.94. The van der Waals surface area contributed by atoms with Crippen LogP contribution in [0.5, 0.6) is 0 Å². The highest BCUT2D eigenvalue weighted by atomic mass is 35.5. The number of sulfone groups is 1. The molecule has 0 aromatic heterocycles. The molecule has 2 aromatic carbocycles. The number of halogens is 1. The highest BCUT2D eigenvalue weighted by Crippen LogP contribution is 2.28. The second-order valence-corrected chi connectivity index (χ2v) is 9.40. The van der Waals surface area contributed by atoms with Crippen molar-refractivity contribution in [2.24, 2.45) is 10.7 Å². The molecule has 1 aliphatic rings. The monoisotopic (exact) mass is 477 g/mol. The second kappa shape index (κ2) is 8.69. The molecule has 3 rings (SSSR count). The van der Waals surface area contributed by atoms with Crippen LogP contribution in [-0.2, 0) is 25.0 Å². The zero-order chi connectivity index (χ0) is 23.7. The summed E-state index contributed by atoms with van der Waals surface area (Å²) in [6, 6.07) is 9.94. The molecule has 3 amide bonds. The summed E-state index contributed by atoms with van der Waals surface area (Å²) in [5.41, 5.74) is 4.79. The van der Waals surface area contributed by atoms with Gasteiger partial charge >= 0.3 is 0 Å². The molecule has 0 saturated carbocycles. The Balaban J connectivity index is 1.86. The van der Waals surface area contributed by atoms with Crippen molar-refractivity contribution in [2.45, 2.75) is 10.4 Å². The van der Waals surface area contributed by atoms with Gasteiger partial charge in [-0.05, 0) is 35.9 Å². The van der Waals surface area contributed by atoms with Gasteiger partial charge in [-0.15, -0.1) is 0 Å². The van der Waals surface area contributed by atoms with E-state index in [4.69, 9.17) is 17.3 Å². The number of benzene rings is 2. The first-order chi connectivity index (χ1) is 15.0. The first-order valence-corrected chi connectivity index (χ1v) is 11.5. The summed E-state index contributed by atoms with van der Waals surface area (Å²) in [5, 5.41) is 7.93. The number of anilines is 1. The van der Waals surface area contributed by atoms with Crippen molar-refractivity contribution < 1.29 is 22.8 Å². The zero-order valence-electron chi connectivity index (χ0n) is 17.1. The van der Waals surface area contributed by atoms with E-state index in [0.29, 0.717) is 11.3 Å². The molecule has 0 bridgehead atoms. The van der Waals surface area contributed by atoms with E-state index in [1.165, 1.54) is 49.5 Å². The third-order valence-corrected chi connectivity index (χ3v) is 6.36. The molecule has 0 aliphatic carbocycles. The van der Waals surface area contributed by atoms with Crippen LogP contribution < -0.4 is 21.7 Å². The van der Waals surface area contributed by atoms with Gasteiger partial charge in [0.25, 0.3) is 11.8 Å². The average Bonchev–Trinajstić information content (AvgIpc) is 3.19. The van der Waals surface area contributed by atoms with Gasteiger partial charge in [0, 0.05) is 19.0 Å². The fraction of sp³-hybridized carbons (Fsp3) is 0.200. The van der Waals surface area contributed by atoms with Crippen LogP contribution in [0.4, 0.5) is 5.69 Å². The Labute approximate surface area is 189 Å². The summed E-state index contributed by atoms with van der Waals surface area (Å²) in [5.74, 6) is -1.90. The van der Waals surface area contributed by atoms with E-state index in [2.05, 4.69) is 20.9 Å². The Bertz CT molecular complexity index is 1240. The minimum atomic E-state index is -3.46. The lowest BCUT2D eigenvalue weighted by Gasteiger charge is -2.27. The van der Waals surface area contributed by atoms with Gasteiger partial charge in [0.1, 0.15) is 5.71 Å². The number of nitrogens with two attached hydrogens (primary N) is 1. The minimum absolute atomic E-state index is 0.00204. The van der Waals surface area contributed by atoms with Gasteiger partial charge in [-0.2, -0.15) is 0 Å². The van der Waals surface area contributed by atoms with Crippen molar-refractivity contribution in [3.8, 4) is 0 Å². The maximum Gasteiger partial charge on any atom is 0.267 e. The summed E-state index contributed by atoms with van der Waals surface area (Å²) in [7, 11) is -2.05. The van der Waals surface area contributed by atoms with E-state index in [1.807, 2.05) is 0 Å². The highest BCUT2D eigenvalue weighted by molar-refractivity contribution is 7.90. The Kier molecular flexibility index (Phi) is 6.35. The SMILES string of the molecule is CNC(=O)C1=NCNC1(C(N)=O)c1ccc(NC(=O)c2ccc(S(C)(=O)=O)cc2Cl)cc1. The van der Waals surface area contributed by atoms with Crippen molar-refractivity contribution in [1.82, 2.24) is 10.6 Å².